The summed E-state index contributed by atoms with van der Waals surface area (Å²) in [5.41, 5.74) is 0. The van der Waals surface area contributed by atoms with Gasteiger partial charge in [0.1, 0.15) is 13.2 Å². The molecule has 6 nitrogen and oxygen atoms in total. The largest absolute Gasteiger partial charge is 0.462 e. The summed E-state index contributed by atoms with van der Waals surface area (Å²) in [4.78, 5) is 37.9. The molecule has 0 aromatic rings. The molecule has 402 valence electrons. The topological polar surface area (TPSA) is 78.9 Å². The average molecular weight is 992 g/mol. The molecule has 1 unspecified atom stereocenters. The first-order chi connectivity index (χ1) is 35.5. The lowest BCUT2D eigenvalue weighted by atomic mass is 10.1. The van der Waals surface area contributed by atoms with Crippen LogP contribution >= 0.6 is 0 Å². The molecular formula is C66H102O6. The van der Waals surface area contributed by atoms with Crippen molar-refractivity contribution < 1.29 is 28.6 Å². The van der Waals surface area contributed by atoms with Crippen molar-refractivity contribution in [1.82, 2.24) is 0 Å². The van der Waals surface area contributed by atoms with E-state index in [1.165, 1.54) is 19.3 Å². The van der Waals surface area contributed by atoms with Crippen LogP contribution in [0.25, 0.3) is 0 Å². The fourth-order valence-corrected chi connectivity index (χ4v) is 7.07. The predicted molar refractivity (Wildman–Crippen MR) is 311 cm³/mol. The normalized spacial score (nSPS) is 13.3. The Morgan fingerprint density at radius 2 is 0.542 bits per heavy atom. The highest BCUT2D eigenvalue weighted by Gasteiger charge is 2.19. The SMILES string of the molecule is CC/C=C\C/C=C\C/C=C\C/C=C\C/C=C\C/C=C\C/C=C\CCCCCCCC(=O)OCC(COC(=O)CCCCCCCC)OC(=O)CCCC/C=C\C/C=C\C/C=C\C/C=C\C/C=C\C/C=C\CC. The fourth-order valence-electron chi connectivity index (χ4n) is 7.07. The number of carbonyl (C=O) groups excluding carboxylic acids is 3. The second-order valence-corrected chi connectivity index (χ2v) is 18.1. The van der Waals surface area contributed by atoms with Gasteiger partial charge in [0.05, 0.1) is 0 Å². The second kappa shape index (κ2) is 58.6. The van der Waals surface area contributed by atoms with Crippen molar-refractivity contribution in [2.75, 3.05) is 13.2 Å². The van der Waals surface area contributed by atoms with Crippen LogP contribution in [-0.4, -0.2) is 37.2 Å². The first kappa shape index (κ1) is 67.0. The molecular weight excluding hydrogens is 889 g/mol. The molecule has 0 N–H and O–H groups in total. The van der Waals surface area contributed by atoms with Crippen LogP contribution in [0.4, 0.5) is 0 Å². The van der Waals surface area contributed by atoms with Crippen LogP contribution in [0.2, 0.25) is 0 Å². The molecule has 0 spiro atoms. The number of carbonyl (C=O) groups is 3. The lowest BCUT2D eigenvalue weighted by molar-refractivity contribution is -0.167. The van der Waals surface area contributed by atoms with E-state index >= 15 is 0 Å². The molecule has 0 saturated heterocycles. The number of hydrogen-bond donors (Lipinski definition) is 0. The number of hydrogen-bond acceptors (Lipinski definition) is 6. The number of unbranched alkanes of at least 4 members (excludes halogenated alkanes) is 12. The maximum Gasteiger partial charge on any atom is 0.306 e. The van der Waals surface area contributed by atoms with E-state index in [1.807, 2.05) is 0 Å². The van der Waals surface area contributed by atoms with E-state index < -0.39 is 6.10 Å². The van der Waals surface area contributed by atoms with E-state index in [0.29, 0.717) is 19.3 Å². The number of esters is 3. The molecule has 6 heteroatoms. The van der Waals surface area contributed by atoms with Crippen LogP contribution in [-0.2, 0) is 28.6 Å². The summed E-state index contributed by atoms with van der Waals surface area (Å²) in [5.74, 6) is -0.993. The van der Waals surface area contributed by atoms with Gasteiger partial charge in [0.2, 0.25) is 0 Å². The molecule has 0 rings (SSSR count). The van der Waals surface area contributed by atoms with E-state index in [4.69, 9.17) is 14.2 Å². The molecule has 0 aliphatic rings. The van der Waals surface area contributed by atoms with Crippen LogP contribution in [0, 0.1) is 0 Å². The molecule has 0 bridgehead atoms. The van der Waals surface area contributed by atoms with Gasteiger partial charge < -0.3 is 14.2 Å². The maximum absolute atomic E-state index is 12.8. The van der Waals surface area contributed by atoms with E-state index in [9.17, 15) is 14.4 Å². The lowest BCUT2D eigenvalue weighted by Gasteiger charge is -2.18. The number of ether oxygens (including phenoxy) is 3. The van der Waals surface area contributed by atoms with Gasteiger partial charge >= 0.3 is 17.9 Å². The zero-order chi connectivity index (χ0) is 52.2. The summed E-state index contributed by atoms with van der Waals surface area (Å²) in [7, 11) is 0. The highest BCUT2D eigenvalue weighted by Crippen LogP contribution is 2.12. The second-order valence-electron chi connectivity index (χ2n) is 18.1. The Labute approximate surface area is 441 Å². The van der Waals surface area contributed by atoms with Gasteiger partial charge in [-0.25, -0.2) is 0 Å². The minimum absolute atomic E-state index is 0.109. The van der Waals surface area contributed by atoms with Gasteiger partial charge in [-0.2, -0.15) is 0 Å². The third-order valence-electron chi connectivity index (χ3n) is 11.3. The van der Waals surface area contributed by atoms with Gasteiger partial charge in [-0.05, 0) is 128 Å². The molecule has 0 aliphatic heterocycles. The molecule has 0 amide bonds. The van der Waals surface area contributed by atoms with Crippen molar-refractivity contribution in [2.45, 2.75) is 226 Å². The molecule has 0 heterocycles. The monoisotopic (exact) mass is 991 g/mol. The molecule has 0 fully saturated rings. The van der Waals surface area contributed by atoms with E-state index in [2.05, 4.69) is 179 Å². The first-order valence-electron chi connectivity index (χ1n) is 28.5. The van der Waals surface area contributed by atoms with Gasteiger partial charge in [0, 0.05) is 19.3 Å². The fraction of sp³-hybridized carbons (Fsp3) is 0.561. The third kappa shape index (κ3) is 56.0. The van der Waals surface area contributed by atoms with E-state index in [0.717, 1.165) is 154 Å². The maximum atomic E-state index is 12.8. The van der Waals surface area contributed by atoms with Crippen molar-refractivity contribution in [3.63, 3.8) is 0 Å². The van der Waals surface area contributed by atoms with Crippen LogP contribution < -0.4 is 0 Å². The molecule has 1 atom stereocenters. The third-order valence-corrected chi connectivity index (χ3v) is 11.3. The Bertz CT molecular complexity index is 1660. The summed E-state index contributed by atoms with van der Waals surface area (Å²) < 4.78 is 16.7. The van der Waals surface area contributed by atoms with E-state index in [1.54, 1.807) is 0 Å². The van der Waals surface area contributed by atoms with Gasteiger partial charge in [-0.3, -0.25) is 14.4 Å². The Morgan fingerprint density at radius 1 is 0.292 bits per heavy atom. The number of rotatable bonds is 49. The summed E-state index contributed by atoms with van der Waals surface area (Å²) >= 11 is 0. The number of allylic oxidation sites excluding steroid dienone is 26. The molecule has 0 aromatic carbocycles. The Morgan fingerprint density at radius 3 is 0.875 bits per heavy atom. The van der Waals surface area contributed by atoms with Crippen molar-refractivity contribution >= 4 is 17.9 Å². The van der Waals surface area contributed by atoms with Crippen LogP contribution in [0.5, 0.6) is 0 Å². The zero-order valence-electron chi connectivity index (χ0n) is 45.9. The quantitative estimate of drug-likeness (QED) is 0.0262. The minimum Gasteiger partial charge on any atom is -0.462 e. The van der Waals surface area contributed by atoms with Crippen LogP contribution in [0.3, 0.4) is 0 Å². The summed E-state index contributed by atoms with van der Waals surface area (Å²) in [6.07, 6.45) is 85.5. The van der Waals surface area contributed by atoms with Gasteiger partial charge in [0.15, 0.2) is 6.10 Å². The van der Waals surface area contributed by atoms with Crippen LogP contribution in [0.1, 0.15) is 220 Å². The van der Waals surface area contributed by atoms with Gasteiger partial charge in [0.25, 0.3) is 0 Å². The summed E-state index contributed by atoms with van der Waals surface area (Å²) in [6, 6.07) is 0. The Balaban J connectivity index is 4.32. The summed E-state index contributed by atoms with van der Waals surface area (Å²) in [5, 5.41) is 0. The Kier molecular flexibility index (Phi) is 54.6. The van der Waals surface area contributed by atoms with E-state index in [-0.39, 0.29) is 37.5 Å². The minimum atomic E-state index is -0.814. The van der Waals surface area contributed by atoms with Crippen molar-refractivity contribution in [3.05, 3.63) is 158 Å². The van der Waals surface area contributed by atoms with Crippen molar-refractivity contribution in [3.8, 4) is 0 Å². The lowest BCUT2D eigenvalue weighted by Crippen LogP contribution is -2.30. The predicted octanol–water partition coefficient (Wildman–Crippen LogP) is 19.4. The van der Waals surface area contributed by atoms with Crippen molar-refractivity contribution in [2.24, 2.45) is 0 Å². The zero-order valence-corrected chi connectivity index (χ0v) is 45.9. The average Bonchev–Trinajstić information content (AvgIpc) is 3.38. The highest BCUT2D eigenvalue weighted by molar-refractivity contribution is 5.71. The summed E-state index contributed by atoms with van der Waals surface area (Å²) in [6.45, 7) is 6.27. The van der Waals surface area contributed by atoms with Crippen LogP contribution in [0.15, 0.2) is 158 Å². The molecule has 0 saturated carbocycles. The van der Waals surface area contributed by atoms with Gasteiger partial charge in [-0.15, -0.1) is 0 Å². The highest BCUT2D eigenvalue weighted by atomic mass is 16.6. The Hall–Kier alpha value is -4.97. The molecule has 0 aromatic heterocycles. The standard InChI is InChI=1S/C66H102O6/c1-4-7-10-13-16-18-20-22-24-26-28-30-31-32-33-34-35-37-38-40-42-44-46-48-50-53-56-59-65(68)71-62-63(61-70-64(67)58-55-52-15-12-9-6-3)72-66(69)60-57-54-51-49-47-45-43-41-39-36-29-27-25-23-21-19-17-14-11-8-5-2/h7-8,10-11,16-19,22-25,28-30,32-33,35-37,40-43,47,49,63H,4-6,9,12-15,20-21,26-27,31,34,38-39,44-46,48,50-62H2,1-3H3/b10-7-,11-8-,18-16-,19-17-,24-22-,25-23-,30-28-,33-32-,36-29-,37-35-,42-40-,43-41-,49-47-. The molecule has 0 radical (unpaired) electrons. The molecule has 72 heavy (non-hydrogen) atoms. The van der Waals surface area contributed by atoms with Crippen molar-refractivity contribution in [1.29, 1.82) is 0 Å². The van der Waals surface area contributed by atoms with Gasteiger partial charge in [-0.1, -0.05) is 230 Å². The smallest absolute Gasteiger partial charge is 0.306 e. The molecule has 0 aliphatic carbocycles. The first-order valence-corrected chi connectivity index (χ1v) is 28.5.